The fourth-order valence-electron chi connectivity index (χ4n) is 0.931. The van der Waals surface area contributed by atoms with E-state index in [1.807, 2.05) is 19.1 Å². The Morgan fingerprint density at radius 2 is 2.43 bits per heavy atom. The van der Waals surface area contributed by atoms with Crippen molar-refractivity contribution in [2.75, 3.05) is 6.61 Å². The van der Waals surface area contributed by atoms with Gasteiger partial charge in [-0.2, -0.15) is 5.26 Å². The first-order valence-electron chi connectivity index (χ1n) is 4.52. The van der Waals surface area contributed by atoms with Crippen LogP contribution in [0.2, 0.25) is 0 Å². The van der Waals surface area contributed by atoms with Crippen molar-refractivity contribution < 1.29 is 4.84 Å². The molecule has 0 aliphatic heterocycles. The number of nitrogens with zero attached hydrogens (tertiary/aromatic N) is 2. The standard InChI is InChI=1S/C11H12N2O/c1-2-6-14-13-9-11-5-3-4-10(7-11)8-12/h3-5,7,9H,2,6H2,1H3. The molecule has 0 radical (unpaired) electrons. The van der Waals surface area contributed by atoms with Crippen molar-refractivity contribution >= 4 is 6.21 Å². The molecule has 0 atom stereocenters. The van der Waals surface area contributed by atoms with Gasteiger partial charge in [0, 0.05) is 0 Å². The van der Waals surface area contributed by atoms with Crippen LogP contribution in [0, 0.1) is 11.3 Å². The van der Waals surface area contributed by atoms with Crippen molar-refractivity contribution in [3.8, 4) is 6.07 Å². The number of benzene rings is 1. The van der Waals surface area contributed by atoms with E-state index >= 15 is 0 Å². The SMILES string of the molecule is CCCON=Cc1cccc(C#N)c1. The highest BCUT2D eigenvalue weighted by Crippen LogP contribution is 2.01. The maximum atomic E-state index is 8.65. The van der Waals surface area contributed by atoms with Crippen molar-refractivity contribution in [2.24, 2.45) is 5.16 Å². The van der Waals surface area contributed by atoms with Gasteiger partial charge in [0.2, 0.25) is 0 Å². The molecular formula is C11H12N2O. The van der Waals surface area contributed by atoms with E-state index in [4.69, 9.17) is 10.1 Å². The van der Waals surface area contributed by atoms with E-state index < -0.39 is 0 Å². The van der Waals surface area contributed by atoms with Crippen LogP contribution in [0.1, 0.15) is 24.5 Å². The predicted octanol–water partition coefficient (Wildman–Crippen LogP) is 2.32. The lowest BCUT2D eigenvalue weighted by Gasteiger charge is -1.95. The smallest absolute Gasteiger partial charge is 0.116 e. The zero-order chi connectivity index (χ0) is 10.2. The highest BCUT2D eigenvalue weighted by molar-refractivity contribution is 5.79. The summed E-state index contributed by atoms with van der Waals surface area (Å²) in [4.78, 5) is 4.95. The highest BCUT2D eigenvalue weighted by Gasteiger charge is 1.91. The number of oxime groups is 1. The molecule has 3 nitrogen and oxygen atoms in total. The summed E-state index contributed by atoms with van der Waals surface area (Å²) in [6.45, 7) is 2.64. The Kier molecular flexibility index (Phi) is 4.22. The average molecular weight is 188 g/mol. The monoisotopic (exact) mass is 188 g/mol. The molecule has 1 aromatic rings. The van der Waals surface area contributed by atoms with Gasteiger partial charge in [0.05, 0.1) is 17.8 Å². The molecule has 0 aliphatic carbocycles. The molecule has 0 amide bonds. The topological polar surface area (TPSA) is 45.4 Å². The molecule has 0 fully saturated rings. The van der Waals surface area contributed by atoms with E-state index in [1.54, 1.807) is 18.3 Å². The van der Waals surface area contributed by atoms with E-state index in [1.165, 1.54) is 0 Å². The van der Waals surface area contributed by atoms with Crippen LogP contribution >= 0.6 is 0 Å². The minimum absolute atomic E-state index is 0.619. The highest BCUT2D eigenvalue weighted by atomic mass is 16.6. The predicted molar refractivity (Wildman–Crippen MR) is 55.0 cm³/mol. The first-order chi connectivity index (χ1) is 6.86. The van der Waals surface area contributed by atoms with E-state index in [9.17, 15) is 0 Å². The van der Waals surface area contributed by atoms with Crippen molar-refractivity contribution in [1.29, 1.82) is 5.26 Å². The van der Waals surface area contributed by atoms with Crippen molar-refractivity contribution in [3.63, 3.8) is 0 Å². The molecule has 0 unspecified atom stereocenters. The van der Waals surface area contributed by atoms with Crippen LogP contribution in [0.3, 0.4) is 0 Å². The summed E-state index contributed by atoms with van der Waals surface area (Å²) < 4.78 is 0. The second kappa shape index (κ2) is 5.76. The maximum absolute atomic E-state index is 8.65. The Morgan fingerprint density at radius 3 is 3.14 bits per heavy atom. The van der Waals surface area contributed by atoms with Crippen molar-refractivity contribution in [2.45, 2.75) is 13.3 Å². The van der Waals surface area contributed by atoms with Gasteiger partial charge in [-0.15, -0.1) is 0 Å². The third-order valence-corrected chi connectivity index (χ3v) is 1.59. The van der Waals surface area contributed by atoms with Crippen LogP contribution < -0.4 is 0 Å². The number of rotatable bonds is 4. The van der Waals surface area contributed by atoms with Gasteiger partial charge < -0.3 is 4.84 Å². The Bertz CT molecular complexity index is 353. The van der Waals surface area contributed by atoms with Gasteiger partial charge in [-0.25, -0.2) is 0 Å². The molecule has 0 saturated heterocycles. The number of nitriles is 1. The summed E-state index contributed by atoms with van der Waals surface area (Å²) in [6, 6.07) is 9.28. The van der Waals surface area contributed by atoms with Gasteiger partial charge >= 0.3 is 0 Å². The molecule has 0 heterocycles. The van der Waals surface area contributed by atoms with Crippen LogP contribution in [0.4, 0.5) is 0 Å². The zero-order valence-corrected chi connectivity index (χ0v) is 8.10. The molecule has 0 spiro atoms. The average Bonchev–Trinajstić information content (AvgIpc) is 2.25. The van der Waals surface area contributed by atoms with E-state index in [0.29, 0.717) is 12.2 Å². The lowest BCUT2D eigenvalue weighted by molar-refractivity contribution is 0.146. The van der Waals surface area contributed by atoms with Gasteiger partial charge in [-0.05, 0) is 24.1 Å². The summed E-state index contributed by atoms with van der Waals surface area (Å²) >= 11 is 0. The molecular weight excluding hydrogens is 176 g/mol. The minimum atomic E-state index is 0.619. The maximum Gasteiger partial charge on any atom is 0.116 e. The Hall–Kier alpha value is -1.82. The molecule has 0 bridgehead atoms. The minimum Gasteiger partial charge on any atom is -0.396 e. The summed E-state index contributed by atoms with van der Waals surface area (Å²) in [5.41, 5.74) is 1.50. The summed E-state index contributed by atoms with van der Waals surface area (Å²) in [5, 5.41) is 12.4. The molecule has 14 heavy (non-hydrogen) atoms. The first kappa shape index (κ1) is 10.3. The van der Waals surface area contributed by atoms with Crippen molar-refractivity contribution in [3.05, 3.63) is 35.4 Å². The van der Waals surface area contributed by atoms with Crippen LogP contribution in [0.25, 0.3) is 0 Å². The van der Waals surface area contributed by atoms with E-state index in [2.05, 4.69) is 11.2 Å². The summed E-state index contributed by atoms with van der Waals surface area (Å²) in [6.07, 6.45) is 2.55. The number of hydrogen-bond donors (Lipinski definition) is 0. The van der Waals surface area contributed by atoms with E-state index in [0.717, 1.165) is 12.0 Å². The third-order valence-electron chi connectivity index (χ3n) is 1.59. The fourth-order valence-corrected chi connectivity index (χ4v) is 0.931. The first-order valence-corrected chi connectivity index (χ1v) is 4.52. The lowest BCUT2D eigenvalue weighted by atomic mass is 10.1. The van der Waals surface area contributed by atoms with Gasteiger partial charge in [0.25, 0.3) is 0 Å². The quantitative estimate of drug-likeness (QED) is 0.413. The second-order valence-corrected chi connectivity index (χ2v) is 2.80. The molecule has 1 aromatic carbocycles. The Balaban J connectivity index is 2.59. The molecule has 0 saturated carbocycles. The Labute approximate surface area is 83.6 Å². The number of hydrogen-bond acceptors (Lipinski definition) is 3. The van der Waals surface area contributed by atoms with Crippen molar-refractivity contribution in [1.82, 2.24) is 0 Å². The van der Waals surface area contributed by atoms with Gasteiger partial charge in [0.15, 0.2) is 0 Å². The third kappa shape index (κ3) is 3.28. The molecule has 72 valence electrons. The van der Waals surface area contributed by atoms with Crippen LogP contribution in [-0.2, 0) is 4.84 Å². The summed E-state index contributed by atoms with van der Waals surface area (Å²) in [5.74, 6) is 0. The largest absolute Gasteiger partial charge is 0.396 e. The van der Waals surface area contributed by atoms with E-state index in [-0.39, 0.29) is 0 Å². The summed E-state index contributed by atoms with van der Waals surface area (Å²) in [7, 11) is 0. The second-order valence-electron chi connectivity index (χ2n) is 2.80. The molecule has 3 heteroatoms. The zero-order valence-electron chi connectivity index (χ0n) is 8.10. The van der Waals surface area contributed by atoms with Crippen LogP contribution in [0.15, 0.2) is 29.4 Å². The molecule has 0 N–H and O–H groups in total. The lowest BCUT2D eigenvalue weighted by Crippen LogP contribution is -1.87. The van der Waals surface area contributed by atoms with Crippen LogP contribution in [-0.4, -0.2) is 12.8 Å². The van der Waals surface area contributed by atoms with Gasteiger partial charge in [0.1, 0.15) is 6.61 Å². The molecule has 0 aromatic heterocycles. The normalized spacial score (nSPS) is 10.0. The molecule has 1 rings (SSSR count). The van der Waals surface area contributed by atoms with Gasteiger partial charge in [-0.3, -0.25) is 0 Å². The fraction of sp³-hybridized carbons (Fsp3) is 0.273. The van der Waals surface area contributed by atoms with Crippen LogP contribution in [0.5, 0.6) is 0 Å². The Morgan fingerprint density at radius 1 is 1.57 bits per heavy atom. The molecule has 0 aliphatic rings. The van der Waals surface area contributed by atoms with Gasteiger partial charge in [-0.1, -0.05) is 24.2 Å².